The third-order valence-electron chi connectivity index (χ3n) is 5.57. The lowest BCUT2D eigenvalue weighted by Gasteiger charge is -2.20. The maximum atomic E-state index is 13.0. The van der Waals surface area contributed by atoms with Gasteiger partial charge >= 0.3 is 5.97 Å². The van der Waals surface area contributed by atoms with Gasteiger partial charge in [0.25, 0.3) is 5.91 Å². The highest BCUT2D eigenvalue weighted by Gasteiger charge is 2.24. The van der Waals surface area contributed by atoms with E-state index in [1.54, 1.807) is 0 Å². The van der Waals surface area contributed by atoms with Gasteiger partial charge in [-0.2, -0.15) is 0 Å². The summed E-state index contributed by atoms with van der Waals surface area (Å²) in [4.78, 5) is 30.0. The number of anilines is 1. The van der Waals surface area contributed by atoms with Crippen LogP contribution in [0.3, 0.4) is 0 Å². The largest absolute Gasteiger partial charge is 0.452 e. The SMILES string of the molecule is CC(C)c1ccc(NC(=O)COC(=O)c2c3c(nc4ccccc24)CCCC3)cc1. The summed E-state index contributed by atoms with van der Waals surface area (Å²) in [6.07, 6.45) is 3.78. The molecule has 1 amide bonds. The molecule has 0 radical (unpaired) electrons. The number of nitrogens with one attached hydrogen (secondary N) is 1. The smallest absolute Gasteiger partial charge is 0.339 e. The molecule has 0 bridgehead atoms. The van der Waals surface area contributed by atoms with Crippen LogP contribution in [0, 0.1) is 0 Å². The summed E-state index contributed by atoms with van der Waals surface area (Å²) in [5, 5.41) is 3.57. The highest BCUT2D eigenvalue weighted by molar-refractivity contribution is 6.06. The van der Waals surface area contributed by atoms with E-state index in [0.717, 1.165) is 47.8 Å². The second-order valence-electron chi connectivity index (χ2n) is 8.04. The van der Waals surface area contributed by atoms with Crippen molar-refractivity contribution in [1.82, 2.24) is 4.98 Å². The summed E-state index contributed by atoms with van der Waals surface area (Å²) in [6, 6.07) is 15.3. The van der Waals surface area contributed by atoms with Gasteiger partial charge in [0.15, 0.2) is 6.61 Å². The maximum Gasteiger partial charge on any atom is 0.339 e. The summed E-state index contributed by atoms with van der Waals surface area (Å²) >= 11 is 0. The van der Waals surface area contributed by atoms with Gasteiger partial charge in [-0.25, -0.2) is 4.79 Å². The Bertz CT molecular complexity index is 1090. The van der Waals surface area contributed by atoms with Crippen LogP contribution in [0.2, 0.25) is 0 Å². The first-order valence-electron chi connectivity index (χ1n) is 10.5. The first-order chi connectivity index (χ1) is 14.5. The number of fused-ring (bicyclic) bond motifs is 2. The van der Waals surface area contributed by atoms with Crippen LogP contribution in [0.4, 0.5) is 5.69 Å². The van der Waals surface area contributed by atoms with E-state index in [9.17, 15) is 9.59 Å². The van der Waals surface area contributed by atoms with Gasteiger partial charge in [0.2, 0.25) is 0 Å². The third kappa shape index (κ3) is 4.20. The van der Waals surface area contributed by atoms with Gasteiger partial charge in [-0.1, -0.05) is 44.2 Å². The van der Waals surface area contributed by atoms with Gasteiger partial charge in [-0.3, -0.25) is 9.78 Å². The number of hydrogen-bond acceptors (Lipinski definition) is 4. The zero-order valence-electron chi connectivity index (χ0n) is 17.4. The molecule has 1 aliphatic carbocycles. The van der Waals surface area contributed by atoms with E-state index in [2.05, 4.69) is 19.2 Å². The number of pyridine rings is 1. The molecule has 1 N–H and O–H groups in total. The lowest BCUT2D eigenvalue weighted by Crippen LogP contribution is -2.22. The Labute approximate surface area is 176 Å². The first kappa shape index (κ1) is 20.1. The molecule has 0 atom stereocenters. The Morgan fingerprint density at radius 1 is 1.03 bits per heavy atom. The first-order valence-corrected chi connectivity index (χ1v) is 10.5. The van der Waals surface area contributed by atoms with Crippen molar-refractivity contribution in [3.8, 4) is 0 Å². The molecule has 0 spiro atoms. The summed E-state index contributed by atoms with van der Waals surface area (Å²) < 4.78 is 5.42. The van der Waals surface area contributed by atoms with E-state index in [4.69, 9.17) is 9.72 Å². The molecule has 0 saturated heterocycles. The highest BCUT2D eigenvalue weighted by atomic mass is 16.5. The predicted molar refractivity (Wildman–Crippen MR) is 118 cm³/mol. The van der Waals surface area contributed by atoms with Crippen molar-refractivity contribution in [1.29, 1.82) is 0 Å². The minimum Gasteiger partial charge on any atom is -0.452 e. The van der Waals surface area contributed by atoms with Gasteiger partial charge < -0.3 is 10.1 Å². The lowest BCUT2D eigenvalue weighted by molar-refractivity contribution is -0.119. The second-order valence-corrected chi connectivity index (χ2v) is 8.04. The number of rotatable bonds is 5. The summed E-state index contributed by atoms with van der Waals surface area (Å²) in [5.74, 6) is -0.387. The summed E-state index contributed by atoms with van der Waals surface area (Å²) in [7, 11) is 0. The van der Waals surface area contributed by atoms with Gasteiger partial charge in [-0.15, -0.1) is 0 Å². The van der Waals surface area contributed by atoms with E-state index in [1.807, 2.05) is 48.5 Å². The third-order valence-corrected chi connectivity index (χ3v) is 5.57. The minimum atomic E-state index is -0.461. The number of carbonyl (C=O) groups excluding carboxylic acids is 2. The molecule has 154 valence electrons. The minimum absolute atomic E-state index is 0.323. The molecule has 1 aliphatic rings. The molecule has 1 heterocycles. The van der Waals surface area contributed by atoms with Crippen molar-refractivity contribution in [2.24, 2.45) is 0 Å². The quantitative estimate of drug-likeness (QED) is 0.608. The van der Waals surface area contributed by atoms with E-state index in [-0.39, 0.29) is 12.5 Å². The average molecular weight is 402 g/mol. The van der Waals surface area contributed by atoms with Crippen LogP contribution in [0.5, 0.6) is 0 Å². The number of esters is 1. The molecule has 4 rings (SSSR count). The van der Waals surface area contributed by atoms with Gasteiger partial charge in [0.05, 0.1) is 11.1 Å². The molecule has 0 fully saturated rings. The number of benzene rings is 2. The number of aryl methyl sites for hydroxylation is 1. The van der Waals surface area contributed by atoms with E-state index < -0.39 is 5.97 Å². The van der Waals surface area contributed by atoms with Crippen molar-refractivity contribution in [3.05, 3.63) is 70.9 Å². The molecule has 5 heteroatoms. The summed E-state index contributed by atoms with van der Waals surface area (Å²) in [6.45, 7) is 3.92. The molecule has 3 aromatic rings. The van der Waals surface area contributed by atoms with Gasteiger partial charge in [0, 0.05) is 16.8 Å². The van der Waals surface area contributed by atoms with E-state index in [0.29, 0.717) is 17.2 Å². The van der Waals surface area contributed by atoms with Crippen LogP contribution < -0.4 is 5.32 Å². The van der Waals surface area contributed by atoms with Crippen LogP contribution in [0.1, 0.15) is 59.8 Å². The topological polar surface area (TPSA) is 68.3 Å². The molecule has 0 saturated carbocycles. The van der Waals surface area contributed by atoms with Crippen molar-refractivity contribution in [2.75, 3.05) is 11.9 Å². The zero-order chi connectivity index (χ0) is 21.1. The second kappa shape index (κ2) is 8.66. The Hall–Kier alpha value is -3.21. The highest BCUT2D eigenvalue weighted by Crippen LogP contribution is 2.29. The van der Waals surface area contributed by atoms with Crippen LogP contribution in [-0.4, -0.2) is 23.5 Å². The Kier molecular flexibility index (Phi) is 5.79. The normalized spacial score (nSPS) is 13.2. The monoisotopic (exact) mass is 402 g/mol. The van der Waals surface area contributed by atoms with Crippen molar-refractivity contribution in [3.63, 3.8) is 0 Å². The van der Waals surface area contributed by atoms with Crippen molar-refractivity contribution in [2.45, 2.75) is 45.4 Å². The molecule has 5 nitrogen and oxygen atoms in total. The molecule has 0 unspecified atom stereocenters. The Morgan fingerprint density at radius 2 is 1.77 bits per heavy atom. The standard InChI is InChI=1S/C25H26N2O3/c1-16(2)17-11-13-18(14-12-17)26-23(28)15-30-25(29)24-19-7-3-5-9-21(19)27-22-10-6-4-8-20(22)24/h3,5,7,9,11-14,16H,4,6,8,10,15H2,1-2H3,(H,26,28). The fourth-order valence-electron chi connectivity index (χ4n) is 3.96. The fourth-order valence-corrected chi connectivity index (χ4v) is 3.96. The Morgan fingerprint density at radius 3 is 2.53 bits per heavy atom. The molecule has 1 aromatic heterocycles. The summed E-state index contributed by atoms with van der Waals surface area (Å²) in [5.41, 5.74) is 5.18. The van der Waals surface area contributed by atoms with Gasteiger partial charge in [0.1, 0.15) is 0 Å². The lowest BCUT2D eigenvalue weighted by atomic mass is 9.90. The van der Waals surface area contributed by atoms with Crippen LogP contribution in [0.25, 0.3) is 10.9 Å². The number of amides is 1. The van der Waals surface area contributed by atoms with Crippen molar-refractivity contribution >= 4 is 28.5 Å². The van der Waals surface area contributed by atoms with Crippen LogP contribution >= 0.6 is 0 Å². The zero-order valence-corrected chi connectivity index (χ0v) is 17.4. The van der Waals surface area contributed by atoms with E-state index in [1.165, 1.54) is 5.56 Å². The van der Waals surface area contributed by atoms with Crippen molar-refractivity contribution < 1.29 is 14.3 Å². The number of aromatic nitrogens is 1. The molecule has 2 aromatic carbocycles. The fraction of sp³-hybridized carbons (Fsp3) is 0.320. The van der Waals surface area contributed by atoms with E-state index >= 15 is 0 Å². The number of ether oxygens (including phenoxy) is 1. The number of para-hydroxylation sites is 1. The molecule has 30 heavy (non-hydrogen) atoms. The Balaban J connectivity index is 1.49. The van der Waals surface area contributed by atoms with Gasteiger partial charge in [-0.05, 0) is 60.9 Å². The maximum absolute atomic E-state index is 13.0. The predicted octanol–water partition coefficient (Wildman–Crippen LogP) is 5.03. The number of carbonyl (C=O) groups is 2. The van der Waals surface area contributed by atoms with Crippen LogP contribution in [0.15, 0.2) is 48.5 Å². The average Bonchev–Trinajstić information content (AvgIpc) is 2.76. The molecular weight excluding hydrogens is 376 g/mol. The van der Waals surface area contributed by atoms with Crippen LogP contribution in [-0.2, 0) is 22.4 Å². The molecular formula is C25H26N2O3. The molecule has 0 aliphatic heterocycles. The number of hydrogen-bond donors (Lipinski definition) is 1. The number of nitrogens with zero attached hydrogens (tertiary/aromatic N) is 1.